The van der Waals surface area contributed by atoms with Crippen molar-refractivity contribution in [2.75, 3.05) is 5.32 Å². The summed E-state index contributed by atoms with van der Waals surface area (Å²) in [7, 11) is 0. The van der Waals surface area contributed by atoms with Gasteiger partial charge in [-0.15, -0.1) is 5.10 Å². The standard InChI is InChI=1S/C18H14BrN7O2/c19-12-4-5-16-15(8-12)18(28)25(10-20-16)7-6-17(27)22-13-2-1-3-14(9-13)26-11-21-23-24-26/h1-5,8-11H,6-7H2,(H,22,27). The number of anilines is 1. The largest absolute Gasteiger partial charge is 0.326 e. The predicted octanol–water partition coefficient (Wildman–Crippen LogP) is 2.16. The van der Waals surface area contributed by atoms with Gasteiger partial charge in [0.15, 0.2) is 0 Å². The molecule has 2 aromatic carbocycles. The number of carbonyl (C=O) groups is 1. The molecule has 0 aliphatic carbocycles. The number of fused-ring (bicyclic) bond motifs is 1. The van der Waals surface area contributed by atoms with E-state index in [0.717, 1.165) is 10.2 Å². The lowest BCUT2D eigenvalue weighted by atomic mass is 10.2. The molecular weight excluding hydrogens is 426 g/mol. The quantitative estimate of drug-likeness (QED) is 0.510. The highest BCUT2D eigenvalue weighted by molar-refractivity contribution is 9.10. The number of halogens is 1. The molecule has 10 heteroatoms. The summed E-state index contributed by atoms with van der Waals surface area (Å²) >= 11 is 3.36. The second-order valence-electron chi connectivity index (χ2n) is 6.01. The van der Waals surface area contributed by atoms with E-state index in [1.807, 2.05) is 12.1 Å². The van der Waals surface area contributed by atoms with Gasteiger partial charge in [-0.05, 0) is 46.8 Å². The van der Waals surface area contributed by atoms with Crippen molar-refractivity contribution in [3.05, 3.63) is 69.9 Å². The maximum atomic E-state index is 12.6. The Labute approximate surface area is 167 Å². The van der Waals surface area contributed by atoms with Crippen LogP contribution >= 0.6 is 15.9 Å². The number of hydrogen-bond donors (Lipinski definition) is 1. The molecule has 0 radical (unpaired) electrons. The third-order valence-electron chi connectivity index (χ3n) is 4.11. The number of benzene rings is 2. The van der Waals surface area contributed by atoms with Gasteiger partial charge in [0, 0.05) is 23.1 Å². The lowest BCUT2D eigenvalue weighted by Crippen LogP contribution is -2.23. The molecule has 0 aliphatic rings. The maximum Gasteiger partial charge on any atom is 0.261 e. The Morgan fingerprint density at radius 3 is 2.86 bits per heavy atom. The Morgan fingerprint density at radius 1 is 1.14 bits per heavy atom. The number of nitrogens with zero attached hydrogens (tertiary/aromatic N) is 6. The third kappa shape index (κ3) is 3.81. The van der Waals surface area contributed by atoms with Gasteiger partial charge >= 0.3 is 0 Å². The molecule has 9 nitrogen and oxygen atoms in total. The molecule has 140 valence electrons. The van der Waals surface area contributed by atoms with Crippen LogP contribution in [0.4, 0.5) is 5.69 Å². The summed E-state index contributed by atoms with van der Waals surface area (Å²) in [6, 6.07) is 12.5. The van der Waals surface area contributed by atoms with Crippen molar-refractivity contribution in [1.82, 2.24) is 29.8 Å². The molecule has 4 rings (SSSR count). The lowest BCUT2D eigenvalue weighted by molar-refractivity contribution is -0.116. The number of rotatable bonds is 5. The van der Waals surface area contributed by atoms with Crippen LogP contribution in [0.25, 0.3) is 16.6 Å². The van der Waals surface area contributed by atoms with E-state index in [2.05, 4.69) is 41.8 Å². The molecule has 0 unspecified atom stereocenters. The van der Waals surface area contributed by atoms with Gasteiger partial charge in [0.25, 0.3) is 5.56 Å². The summed E-state index contributed by atoms with van der Waals surface area (Å²) in [5.74, 6) is -0.213. The molecule has 28 heavy (non-hydrogen) atoms. The van der Waals surface area contributed by atoms with Gasteiger partial charge in [0.05, 0.1) is 22.9 Å². The van der Waals surface area contributed by atoms with Crippen molar-refractivity contribution in [2.45, 2.75) is 13.0 Å². The van der Waals surface area contributed by atoms with E-state index < -0.39 is 0 Å². The van der Waals surface area contributed by atoms with E-state index >= 15 is 0 Å². The first-order valence-corrected chi connectivity index (χ1v) is 9.17. The molecule has 0 aliphatic heterocycles. The highest BCUT2D eigenvalue weighted by Crippen LogP contribution is 2.15. The van der Waals surface area contributed by atoms with E-state index in [9.17, 15) is 9.59 Å². The van der Waals surface area contributed by atoms with Crippen LogP contribution in [0.5, 0.6) is 0 Å². The lowest BCUT2D eigenvalue weighted by Gasteiger charge is -2.09. The van der Waals surface area contributed by atoms with Crippen molar-refractivity contribution in [3.63, 3.8) is 0 Å². The molecule has 0 atom stereocenters. The molecule has 0 saturated heterocycles. The van der Waals surface area contributed by atoms with Crippen molar-refractivity contribution in [3.8, 4) is 5.69 Å². The van der Waals surface area contributed by atoms with Crippen LogP contribution in [0, 0.1) is 0 Å². The molecule has 2 heterocycles. The van der Waals surface area contributed by atoms with E-state index in [0.29, 0.717) is 16.6 Å². The van der Waals surface area contributed by atoms with E-state index in [1.165, 1.54) is 21.9 Å². The Balaban J connectivity index is 1.45. The average Bonchev–Trinajstić information content (AvgIpc) is 3.23. The normalized spacial score (nSPS) is 10.9. The van der Waals surface area contributed by atoms with Crippen molar-refractivity contribution in [2.24, 2.45) is 0 Å². The first-order valence-electron chi connectivity index (χ1n) is 8.38. The highest BCUT2D eigenvalue weighted by Gasteiger charge is 2.08. The minimum atomic E-state index is -0.213. The van der Waals surface area contributed by atoms with Gasteiger partial charge in [0.1, 0.15) is 6.33 Å². The molecule has 2 aromatic heterocycles. The SMILES string of the molecule is O=C(CCn1cnc2ccc(Br)cc2c1=O)Nc1cccc(-n2cnnn2)c1. The number of aromatic nitrogens is 6. The predicted molar refractivity (Wildman–Crippen MR) is 106 cm³/mol. The van der Waals surface area contributed by atoms with Crippen LogP contribution < -0.4 is 10.9 Å². The number of amides is 1. The first kappa shape index (κ1) is 18.0. The van der Waals surface area contributed by atoms with Crippen LogP contribution in [0.2, 0.25) is 0 Å². The molecule has 1 N–H and O–H groups in total. The Bertz CT molecular complexity index is 1200. The van der Waals surface area contributed by atoms with Gasteiger partial charge in [-0.25, -0.2) is 9.67 Å². The Morgan fingerprint density at radius 2 is 2.04 bits per heavy atom. The summed E-state index contributed by atoms with van der Waals surface area (Å²) in [6.45, 7) is 0.229. The van der Waals surface area contributed by atoms with Crippen molar-refractivity contribution < 1.29 is 4.79 Å². The average molecular weight is 440 g/mol. The van der Waals surface area contributed by atoms with Crippen LogP contribution in [-0.2, 0) is 11.3 Å². The fraction of sp³-hybridized carbons (Fsp3) is 0.111. The zero-order chi connectivity index (χ0) is 19.5. The maximum absolute atomic E-state index is 12.6. The highest BCUT2D eigenvalue weighted by atomic mass is 79.9. The minimum Gasteiger partial charge on any atom is -0.326 e. The van der Waals surface area contributed by atoms with Gasteiger partial charge in [-0.2, -0.15) is 0 Å². The van der Waals surface area contributed by atoms with Crippen LogP contribution in [-0.4, -0.2) is 35.7 Å². The first-order chi connectivity index (χ1) is 13.6. The smallest absolute Gasteiger partial charge is 0.261 e. The van der Waals surface area contributed by atoms with E-state index in [-0.39, 0.29) is 24.4 Å². The molecular formula is C18H14BrN7O2. The second kappa shape index (κ2) is 7.69. The zero-order valence-electron chi connectivity index (χ0n) is 14.5. The number of hydrogen-bond acceptors (Lipinski definition) is 6. The molecule has 0 fully saturated rings. The van der Waals surface area contributed by atoms with Crippen molar-refractivity contribution >= 4 is 38.4 Å². The molecule has 0 saturated carbocycles. The number of tetrazole rings is 1. The van der Waals surface area contributed by atoms with Gasteiger partial charge < -0.3 is 5.32 Å². The Hall–Kier alpha value is -3.40. The molecule has 0 bridgehead atoms. The fourth-order valence-corrected chi connectivity index (χ4v) is 3.10. The molecule has 4 aromatic rings. The summed E-state index contributed by atoms with van der Waals surface area (Å²) in [5, 5.41) is 14.3. The van der Waals surface area contributed by atoms with Gasteiger partial charge in [-0.3, -0.25) is 14.2 Å². The zero-order valence-corrected chi connectivity index (χ0v) is 16.1. The topological polar surface area (TPSA) is 108 Å². The van der Waals surface area contributed by atoms with Gasteiger partial charge in [-0.1, -0.05) is 22.0 Å². The monoisotopic (exact) mass is 439 g/mol. The summed E-state index contributed by atoms with van der Waals surface area (Å²) in [6.07, 6.45) is 3.07. The summed E-state index contributed by atoms with van der Waals surface area (Å²) in [4.78, 5) is 29.2. The van der Waals surface area contributed by atoms with E-state index in [1.54, 1.807) is 30.3 Å². The minimum absolute atomic E-state index is 0.135. The molecule has 0 spiro atoms. The number of aryl methyl sites for hydroxylation is 1. The Kier molecular flexibility index (Phi) is 4.94. The second-order valence-corrected chi connectivity index (χ2v) is 6.92. The fourth-order valence-electron chi connectivity index (χ4n) is 2.74. The van der Waals surface area contributed by atoms with Crippen LogP contribution in [0.15, 0.2) is 64.4 Å². The van der Waals surface area contributed by atoms with Crippen LogP contribution in [0.3, 0.4) is 0 Å². The van der Waals surface area contributed by atoms with Crippen LogP contribution in [0.1, 0.15) is 6.42 Å². The van der Waals surface area contributed by atoms with E-state index in [4.69, 9.17) is 0 Å². The number of carbonyl (C=O) groups excluding carboxylic acids is 1. The third-order valence-corrected chi connectivity index (χ3v) is 4.60. The molecule has 1 amide bonds. The summed E-state index contributed by atoms with van der Waals surface area (Å²) in [5.41, 5.74) is 1.78. The summed E-state index contributed by atoms with van der Waals surface area (Å²) < 4.78 is 3.73. The van der Waals surface area contributed by atoms with Gasteiger partial charge in [0.2, 0.25) is 5.91 Å². The number of nitrogens with one attached hydrogen (secondary N) is 1. The van der Waals surface area contributed by atoms with Crippen molar-refractivity contribution in [1.29, 1.82) is 0 Å².